The van der Waals surface area contributed by atoms with Crippen LogP contribution in [0, 0.1) is 0 Å². The molecule has 0 spiro atoms. The van der Waals surface area contributed by atoms with Gasteiger partial charge in [0, 0.05) is 56.4 Å². The molecule has 0 unspecified atom stereocenters. The maximum atomic E-state index is 4.60. The smallest absolute Gasteiger partial charge is 0.191 e. The van der Waals surface area contributed by atoms with Crippen LogP contribution >= 0.6 is 11.3 Å². The Labute approximate surface area is 152 Å². The Hall–Kier alpha value is -2.41. The minimum absolute atomic E-state index is 0.792. The third-order valence-electron chi connectivity index (χ3n) is 3.89. The molecule has 6 nitrogen and oxygen atoms in total. The summed E-state index contributed by atoms with van der Waals surface area (Å²) in [5, 5.41) is 7.85. The standard InChI is InChI=1S/C18H24N6S/c1-3-15-12-22-17(25-15)8-10-21-18(19-2)20-9-7-14-13-24-11-5-4-6-16(24)23-14/h4-6,11-13H,3,7-10H2,1-2H3,(H2,19,20,21). The normalized spacial score (nSPS) is 11.8. The minimum atomic E-state index is 0.792. The monoisotopic (exact) mass is 356 g/mol. The van der Waals surface area contributed by atoms with E-state index in [1.807, 2.05) is 35.0 Å². The molecule has 0 aliphatic heterocycles. The van der Waals surface area contributed by atoms with Gasteiger partial charge in [-0.3, -0.25) is 4.99 Å². The number of hydrogen-bond donors (Lipinski definition) is 2. The van der Waals surface area contributed by atoms with Crippen LogP contribution in [0.4, 0.5) is 0 Å². The molecule has 0 aromatic carbocycles. The summed E-state index contributed by atoms with van der Waals surface area (Å²) in [6.07, 6.45) is 8.88. The summed E-state index contributed by atoms with van der Waals surface area (Å²) in [7, 11) is 1.79. The first kappa shape index (κ1) is 17.4. The van der Waals surface area contributed by atoms with Gasteiger partial charge in [-0.2, -0.15) is 0 Å². The van der Waals surface area contributed by atoms with Gasteiger partial charge in [0.25, 0.3) is 0 Å². The van der Waals surface area contributed by atoms with Crippen LogP contribution in [-0.2, 0) is 19.3 Å². The van der Waals surface area contributed by atoms with Gasteiger partial charge in [0.1, 0.15) is 5.65 Å². The van der Waals surface area contributed by atoms with E-state index in [1.54, 1.807) is 18.4 Å². The van der Waals surface area contributed by atoms with Gasteiger partial charge < -0.3 is 15.0 Å². The highest BCUT2D eigenvalue weighted by molar-refractivity contribution is 7.11. The van der Waals surface area contributed by atoms with Gasteiger partial charge in [-0.05, 0) is 18.6 Å². The molecule has 0 bridgehead atoms. The van der Waals surface area contributed by atoms with Gasteiger partial charge >= 0.3 is 0 Å². The third-order valence-corrected chi connectivity index (χ3v) is 5.09. The van der Waals surface area contributed by atoms with Gasteiger partial charge in [-0.15, -0.1) is 11.3 Å². The van der Waals surface area contributed by atoms with E-state index in [1.165, 1.54) is 9.88 Å². The number of pyridine rings is 1. The van der Waals surface area contributed by atoms with E-state index >= 15 is 0 Å². The van der Waals surface area contributed by atoms with Crippen molar-refractivity contribution in [2.75, 3.05) is 20.1 Å². The summed E-state index contributed by atoms with van der Waals surface area (Å²) in [6.45, 7) is 3.77. The van der Waals surface area contributed by atoms with Crippen molar-refractivity contribution >= 4 is 22.9 Å². The number of fused-ring (bicyclic) bond motifs is 1. The number of rotatable bonds is 7. The number of imidazole rings is 1. The highest BCUT2D eigenvalue weighted by Crippen LogP contribution is 2.13. The lowest BCUT2D eigenvalue weighted by molar-refractivity contribution is 0.776. The summed E-state index contributed by atoms with van der Waals surface area (Å²) in [6, 6.07) is 6.02. The van der Waals surface area contributed by atoms with Gasteiger partial charge in [0.2, 0.25) is 0 Å². The van der Waals surface area contributed by atoms with Crippen LogP contribution in [0.2, 0.25) is 0 Å². The largest absolute Gasteiger partial charge is 0.356 e. The fourth-order valence-corrected chi connectivity index (χ4v) is 3.41. The van der Waals surface area contributed by atoms with E-state index < -0.39 is 0 Å². The molecular formula is C18H24N6S. The van der Waals surface area contributed by atoms with Gasteiger partial charge in [0.05, 0.1) is 10.7 Å². The number of guanidine groups is 1. The van der Waals surface area contributed by atoms with Crippen LogP contribution in [0.15, 0.2) is 41.8 Å². The quantitative estimate of drug-likeness (QED) is 0.504. The maximum Gasteiger partial charge on any atom is 0.191 e. The van der Waals surface area contributed by atoms with Crippen molar-refractivity contribution in [3.8, 4) is 0 Å². The number of nitrogens with zero attached hydrogens (tertiary/aromatic N) is 4. The average Bonchev–Trinajstić information content (AvgIpc) is 3.26. The summed E-state index contributed by atoms with van der Waals surface area (Å²) < 4.78 is 2.04. The van der Waals surface area contributed by atoms with E-state index in [2.05, 4.69) is 38.7 Å². The zero-order chi connectivity index (χ0) is 17.5. The molecule has 3 heterocycles. The van der Waals surface area contributed by atoms with Crippen LogP contribution in [0.1, 0.15) is 22.5 Å². The lowest BCUT2D eigenvalue weighted by Crippen LogP contribution is -2.39. The Balaban J connectivity index is 1.41. The molecule has 2 N–H and O–H groups in total. The van der Waals surface area contributed by atoms with Crippen molar-refractivity contribution < 1.29 is 0 Å². The molecule has 0 fully saturated rings. The van der Waals surface area contributed by atoms with Crippen LogP contribution < -0.4 is 10.6 Å². The van der Waals surface area contributed by atoms with Crippen molar-refractivity contribution in [1.29, 1.82) is 0 Å². The highest BCUT2D eigenvalue weighted by Gasteiger charge is 2.04. The molecule has 132 valence electrons. The Bertz CT molecular complexity index is 802. The van der Waals surface area contributed by atoms with Crippen molar-refractivity contribution in [2.24, 2.45) is 4.99 Å². The second-order valence-electron chi connectivity index (χ2n) is 5.70. The van der Waals surface area contributed by atoms with Crippen molar-refractivity contribution in [2.45, 2.75) is 26.2 Å². The predicted octanol–water partition coefficient (Wildman–Crippen LogP) is 2.30. The molecule has 0 radical (unpaired) electrons. The number of aliphatic imine (C=N–C) groups is 1. The fraction of sp³-hybridized carbons (Fsp3) is 0.389. The first-order valence-electron chi connectivity index (χ1n) is 8.59. The zero-order valence-corrected chi connectivity index (χ0v) is 15.5. The topological polar surface area (TPSA) is 66.6 Å². The molecule has 0 aliphatic rings. The van der Waals surface area contributed by atoms with E-state index in [4.69, 9.17) is 0 Å². The molecule has 0 atom stereocenters. The molecular weight excluding hydrogens is 332 g/mol. The molecule has 0 saturated carbocycles. The molecule has 25 heavy (non-hydrogen) atoms. The lowest BCUT2D eigenvalue weighted by Gasteiger charge is -2.10. The summed E-state index contributed by atoms with van der Waals surface area (Å²) in [4.78, 5) is 14.6. The van der Waals surface area contributed by atoms with E-state index in [9.17, 15) is 0 Å². The maximum absolute atomic E-state index is 4.60. The molecule has 0 saturated heterocycles. The van der Waals surface area contributed by atoms with Crippen LogP contribution in [0.25, 0.3) is 5.65 Å². The minimum Gasteiger partial charge on any atom is -0.356 e. The van der Waals surface area contributed by atoms with Crippen LogP contribution in [0.3, 0.4) is 0 Å². The van der Waals surface area contributed by atoms with Crippen molar-refractivity contribution in [3.05, 3.63) is 52.4 Å². The zero-order valence-electron chi connectivity index (χ0n) is 14.7. The first-order chi connectivity index (χ1) is 12.3. The third kappa shape index (κ3) is 4.79. The summed E-state index contributed by atoms with van der Waals surface area (Å²) >= 11 is 1.79. The summed E-state index contributed by atoms with van der Waals surface area (Å²) in [5.41, 5.74) is 2.05. The number of aromatic nitrogens is 3. The number of hydrogen-bond acceptors (Lipinski definition) is 4. The second-order valence-corrected chi connectivity index (χ2v) is 6.90. The molecule has 0 amide bonds. The van der Waals surface area contributed by atoms with Gasteiger partial charge in [-0.25, -0.2) is 9.97 Å². The Kier molecular flexibility index (Phi) is 6.00. The van der Waals surface area contributed by atoms with E-state index in [0.717, 1.165) is 49.7 Å². The van der Waals surface area contributed by atoms with Gasteiger partial charge in [-0.1, -0.05) is 13.0 Å². The number of aryl methyl sites for hydroxylation is 1. The second kappa shape index (κ2) is 8.62. The first-order valence-corrected chi connectivity index (χ1v) is 9.41. The summed E-state index contributed by atoms with van der Waals surface area (Å²) in [5.74, 6) is 0.816. The van der Waals surface area contributed by atoms with Crippen LogP contribution in [-0.4, -0.2) is 40.5 Å². The Morgan fingerprint density at radius 3 is 2.80 bits per heavy atom. The van der Waals surface area contributed by atoms with Crippen molar-refractivity contribution in [3.63, 3.8) is 0 Å². The molecule has 3 aromatic rings. The van der Waals surface area contributed by atoms with Crippen molar-refractivity contribution in [1.82, 2.24) is 25.0 Å². The van der Waals surface area contributed by atoms with E-state index in [0.29, 0.717) is 0 Å². The molecule has 7 heteroatoms. The Morgan fingerprint density at radius 1 is 1.24 bits per heavy atom. The SMILES string of the molecule is CCc1cnc(CCNC(=NC)NCCc2cn3ccccc3n2)s1. The fourth-order valence-electron chi connectivity index (χ4n) is 2.55. The number of nitrogens with one attached hydrogen (secondary N) is 2. The number of thiazole rings is 1. The molecule has 3 rings (SSSR count). The molecule has 0 aliphatic carbocycles. The van der Waals surface area contributed by atoms with Gasteiger partial charge in [0.15, 0.2) is 5.96 Å². The highest BCUT2D eigenvalue weighted by atomic mass is 32.1. The van der Waals surface area contributed by atoms with E-state index in [-0.39, 0.29) is 0 Å². The molecule has 3 aromatic heterocycles. The lowest BCUT2D eigenvalue weighted by atomic mass is 10.3. The van der Waals surface area contributed by atoms with Crippen LogP contribution in [0.5, 0.6) is 0 Å². The Morgan fingerprint density at radius 2 is 2.08 bits per heavy atom. The predicted molar refractivity (Wildman–Crippen MR) is 103 cm³/mol. The average molecular weight is 356 g/mol.